The van der Waals surface area contributed by atoms with Gasteiger partial charge < -0.3 is 20.2 Å². The van der Waals surface area contributed by atoms with E-state index in [1.165, 1.54) is 6.33 Å². The molecule has 3 heterocycles. The Labute approximate surface area is 106 Å². The van der Waals surface area contributed by atoms with Gasteiger partial charge in [0.2, 0.25) is 0 Å². The number of hydrogen-bond donors (Lipinski definition) is 4. The Bertz CT molecular complexity index is 665. The molecule has 2 aromatic heterocycles. The van der Waals surface area contributed by atoms with Gasteiger partial charge in [0.1, 0.15) is 18.7 Å². The Balaban J connectivity index is 2.03. The van der Waals surface area contributed by atoms with Gasteiger partial charge in [-0.2, -0.15) is 4.73 Å². The quantitative estimate of drug-likeness (QED) is 0.495. The summed E-state index contributed by atoms with van der Waals surface area (Å²) in [7, 11) is 0. The molecule has 4 N–H and O–H groups in total. The maximum absolute atomic E-state index is 9.71. The van der Waals surface area contributed by atoms with Crippen LogP contribution in [-0.4, -0.2) is 53.5 Å². The highest BCUT2D eigenvalue weighted by atomic mass is 16.5. The molecule has 0 bridgehead atoms. The molecule has 19 heavy (non-hydrogen) atoms. The molecule has 1 fully saturated rings. The summed E-state index contributed by atoms with van der Waals surface area (Å²) in [4.78, 5) is 8.00. The van der Waals surface area contributed by atoms with Crippen LogP contribution in [0, 0.1) is 5.41 Å². The molecule has 1 unspecified atom stereocenters. The molecule has 3 atom stereocenters. The fraction of sp³-hybridized carbons (Fsp3) is 0.500. The first-order chi connectivity index (χ1) is 9.11. The van der Waals surface area contributed by atoms with Crippen LogP contribution in [0.1, 0.15) is 12.6 Å². The van der Waals surface area contributed by atoms with E-state index in [9.17, 15) is 10.3 Å². The van der Waals surface area contributed by atoms with Gasteiger partial charge >= 0.3 is 0 Å². The third-order valence-corrected chi connectivity index (χ3v) is 3.20. The third-order valence-electron chi connectivity index (χ3n) is 3.20. The number of aliphatic hydroxyl groups excluding tert-OH is 2. The second-order valence-corrected chi connectivity index (χ2v) is 4.38. The zero-order valence-electron chi connectivity index (χ0n) is 9.84. The monoisotopic (exact) mass is 267 g/mol. The van der Waals surface area contributed by atoms with Gasteiger partial charge in [-0.25, -0.2) is 9.97 Å². The number of ether oxygens (including phenoxy) is 1. The lowest BCUT2D eigenvalue weighted by Crippen LogP contribution is -2.24. The maximum Gasteiger partial charge on any atom is 0.192 e. The predicted molar refractivity (Wildman–Crippen MR) is 60.2 cm³/mol. The lowest BCUT2D eigenvalue weighted by molar-refractivity contribution is -0.0432. The van der Waals surface area contributed by atoms with E-state index in [0.29, 0.717) is 16.8 Å². The summed E-state index contributed by atoms with van der Waals surface area (Å²) in [5.41, 5.74) is 0.433. The number of fused-ring (bicyclic) bond motifs is 1. The van der Waals surface area contributed by atoms with E-state index >= 15 is 0 Å². The molecule has 0 aromatic carbocycles. The zero-order valence-corrected chi connectivity index (χ0v) is 9.84. The van der Waals surface area contributed by atoms with Crippen LogP contribution in [0.4, 0.5) is 0 Å². The highest BCUT2D eigenvalue weighted by Crippen LogP contribution is 2.29. The summed E-state index contributed by atoms with van der Waals surface area (Å²) < 4.78 is 7.64. The van der Waals surface area contributed by atoms with Crippen molar-refractivity contribution in [3.8, 4) is 0 Å². The van der Waals surface area contributed by atoms with Crippen molar-refractivity contribution in [1.82, 2.24) is 19.3 Å². The molecular weight excluding hydrogens is 254 g/mol. The van der Waals surface area contributed by atoms with Crippen LogP contribution >= 0.6 is 0 Å². The van der Waals surface area contributed by atoms with Gasteiger partial charge in [0.15, 0.2) is 16.7 Å². The minimum Gasteiger partial charge on any atom is -0.425 e. The predicted octanol–water partition coefficient (Wildman–Crippen LogP) is -1.41. The second-order valence-electron chi connectivity index (χ2n) is 4.38. The molecule has 1 aliphatic heterocycles. The van der Waals surface area contributed by atoms with Crippen LogP contribution in [0.5, 0.6) is 0 Å². The van der Waals surface area contributed by atoms with Gasteiger partial charge in [-0.3, -0.25) is 9.98 Å². The molecule has 9 heteroatoms. The Kier molecular flexibility index (Phi) is 2.73. The van der Waals surface area contributed by atoms with Crippen molar-refractivity contribution >= 4 is 11.2 Å². The molecule has 1 aliphatic rings. The molecule has 0 spiro atoms. The molecule has 0 amide bonds. The van der Waals surface area contributed by atoms with Crippen LogP contribution in [0.25, 0.3) is 11.2 Å². The Hall–Kier alpha value is -1.97. The Morgan fingerprint density at radius 2 is 2.21 bits per heavy atom. The molecule has 102 valence electrons. The van der Waals surface area contributed by atoms with Crippen LogP contribution in [-0.2, 0) is 4.74 Å². The van der Waals surface area contributed by atoms with Gasteiger partial charge in [-0.05, 0) is 0 Å². The lowest BCUT2D eigenvalue weighted by atomic mass is 10.2. The first-order valence-electron chi connectivity index (χ1n) is 5.74. The first kappa shape index (κ1) is 12.1. The number of aliphatic hydroxyl groups is 2. The molecular formula is C10H13N5O4. The Morgan fingerprint density at radius 3 is 2.89 bits per heavy atom. The van der Waals surface area contributed by atoms with E-state index in [-0.39, 0.29) is 17.6 Å². The number of aromatic nitrogens is 4. The molecule has 0 aliphatic carbocycles. The van der Waals surface area contributed by atoms with Crippen molar-refractivity contribution in [3.05, 3.63) is 18.1 Å². The van der Waals surface area contributed by atoms with Crippen molar-refractivity contribution < 1.29 is 20.2 Å². The van der Waals surface area contributed by atoms with Gasteiger partial charge in [-0.15, -0.1) is 0 Å². The lowest BCUT2D eigenvalue weighted by Gasteiger charge is -2.13. The summed E-state index contributed by atoms with van der Waals surface area (Å²) in [6.45, 7) is -0.266. The number of imidazole rings is 1. The standard InChI is InChI=1S/C10H13N5O4/c11-9-8-10(13-4-15(9)18)14(3-12-8)7-1-5(17)6(2-16)19-7/h3-7,11,16-18H,1-2H2/t5?,6-,7-/m1/s1. The number of nitrogens with one attached hydrogen (secondary N) is 1. The van der Waals surface area contributed by atoms with E-state index in [2.05, 4.69) is 9.97 Å². The van der Waals surface area contributed by atoms with Crippen molar-refractivity contribution in [2.45, 2.75) is 24.9 Å². The summed E-state index contributed by atoms with van der Waals surface area (Å²) in [6.07, 6.45) is 0.946. The Morgan fingerprint density at radius 1 is 1.42 bits per heavy atom. The van der Waals surface area contributed by atoms with Gasteiger partial charge in [-0.1, -0.05) is 0 Å². The number of rotatable bonds is 2. The average Bonchev–Trinajstić information content (AvgIpc) is 2.97. The minimum atomic E-state index is -0.755. The third kappa shape index (κ3) is 1.79. The SMILES string of the molecule is N=c1c2ncn([C@H]3CC(O)[C@@H](CO)O3)c2ncn1O. The van der Waals surface area contributed by atoms with Crippen LogP contribution in [0.2, 0.25) is 0 Å². The van der Waals surface area contributed by atoms with E-state index in [0.717, 1.165) is 6.33 Å². The topological polar surface area (TPSA) is 129 Å². The average molecular weight is 267 g/mol. The normalized spacial score (nSPS) is 27.2. The molecule has 2 aromatic rings. The molecule has 0 saturated carbocycles. The van der Waals surface area contributed by atoms with E-state index < -0.39 is 18.4 Å². The fourth-order valence-corrected chi connectivity index (χ4v) is 2.19. The van der Waals surface area contributed by atoms with Gasteiger partial charge in [0.25, 0.3) is 0 Å². The van der Waals surface area contributed by atoms with E-state index in [4.69, 9.17) is 15.3 Å². The zero-order chi connectivity index (χ0) is 13.6. The van der Waals surface area contributed by atoms with Crippen molar-refractivity contribution in [1.29, 1.82) is 5.41 Å². The minimum absolute atomic E-state index is 0.180. The summed E-state index contributed by atoms with van der Waals surface area (Å²) >= 11 is 0. The van der Waals surface area contributed by atoms with Gasteiger partial charge in [0.05, 0.1) is 19.0 Å². The smallest absolute Gasteiger partial charge is 0.192 e. The fourth-order valence-electron chi connectivity index (χ4n) is 2.19. The summed E-state index contributed by atoms with van der Waals surface area (Å²) in [6, 6.07) is 0. The highest BCUT2D eigenvalue weighted by molar-refractivity contribution is 5.68. The van der Waals surface area contributed by atoms with Crippen LogP contribution < -0.4 is 5.49 Å². The van der Waals surface area contributed by atoms with E-state index in [1.54, 1.807) is 4.57 Å². The maximum atomic E-state index is 9.71. The van der Waals surface area contributed by atoms with Crippen molar-refractivity contribution in [2.75, 3.05) is 6.61 Å². The summed E-state index contributed by atoms with van der Waals surface area (Å²) in [5, 5.41) is 35.7. The van der Waals surface area contributed by atoms with Crippen molar-refractivity contribution in [2.24, 2.45) is 0 Å². The molecule has 1 saturated heterocycles. The second kappa shape index (κ2) is 4.30. The van der Waals surface area contributed by atoms with Crippen molar-refractivity contribution in [3.63, 3.8) is 0 Å². The van der Waals surface area contributed by atoms with Crippen LogP contribution in [0.15, 0.2) is 12.7 Å². The summed E-state index contributed by atoms with van der Waals surface area (Å²) in [5.74, 6) is 0. The number of nitrogens with zero attached hydrogens (tertiary/aromatic N) is 4. The molecule has 3 rings (SSSR count). The van der Waals surface area contributed by atoms with Gasteiger partial charge in [0, 0.05) is 6.42 Å². The van der Waals surface area contributed by atoms with Crippen LogP contribution in [0.3, 0.4) is 0 Å². The number of hydrogen-bond acceptors (Lipinski definition) is 7. The first-order valence-corrected chi connectivity index (χ1v) is 5.74. The highest BCUT2D eigenvalue weighted by Gasteiger charge is 2.35. The molecule has 0 radical (unpaired) electrons. The molecule has 9 nitrogen and oxygen atoms in total. The largest absolute Gasteiger partial charge is 0.425 e. The van der Waals surface area contributed by atoms with E-state index in [1.807, 2.05) is 0 Å².